The smallest absolute Gasteiger partial charge is 0.264 e. The van der Waals surface area contributed by atoms with Crippen LogP contribution in [0.2, 0.25) is 0 Å². The molecule has 1 atom stereocenters. The molecule has 1 fully saturated rings. The van der Waals surface area contributed by atoms with Crippen LogP contribution in [-0.4, -0.2) is 32.3 Å². The van der Waals surface area contributed by atoms with Gasteiger partial charge in [-0.2, -0.15) is 0 Å². The average molecular weight is 438 g/mol. The lowest BCUT2D eigenvalue weighted by molar-refractivity contribution is 0.0719. The fraction of sp³-hybridized carbons (Fsp3) is 0.273. The van der Waals surface area contributed by atoms with Crippen molar-refractivity contribution >= 4 is 27.5 Å². The number of carbonyl (C=O) groups is 1. The van der Waals surface area contributed by atoms with E-state index in [-0.39, 0.29) is 23.3 Å². The third-order valence-electron chi connectivity index (χ3n) is 5.59. The van der Waals surface area contributed by atoms with Crippen LogP contribution >= 0.6 is 11.3 Å². The van der Waals surface area contributed by atoms with Crippen molar-refractivity contribution in [3.63, 3.8) is 0 Å². The highest BCUT2D eigenvalue weighted by molar-refractivity contribution is 7.20. The van der Waals surface area contributed by atoms with E-state index in [1.165, 1.54) is 29.8 Å². The highest BCUT2D eigenvalue weighted by Gasteiger charge is 2.35. The van der Waals surface area contributed by atoms with Gasteiger partial charge in [0, 0.05) is 13.0 Å². The zero-order chi connectivity index (χ0) is 21.5. The number of aromatic nitrogens is 3. The molecule has 1 N–H and O–H groups in total. The van der Waals surface area contributed by atoms with E-state index in [4.69, 9.17) is 4.42 Å². The summed E-state index contributed by atoms with van der Waals surface area (Å²) < 4.78 is 19.1. The number of benzene rings is 1. The number of thiophene rings is 1. The second-order valence-electron chi connectivity index (χ2n) is 7.59. The topological polar surface area (TPSA) is 92.1 Å². The van der Waals surface area contributed by atoms with Gasteiger partial charge in [0.15, 0.2) is 0 Å². The summed E-state index contributed by atoms with van der Waals surface area (Å²) in [6.07, 6.45) is 5.11. The van der Waals surface area contributed by atoms with E-state index in [9.17, 15) is 14.0 Å². The largest absolute Gasteiger partial charge is 0.443 e. The lowest BCUT2D eigenvalue weighted by atomic mass is 10.1. The first kappa shape index (κ1) is 19.6. The molecule has 1 aliphatic rings. The maximum Gasteiger partial charge on any atom is 0.264 e. The van der Waals surface area contributed by atoms with Gasteiger partial charge in [0.1, 0.15) is 22.4 Å². The van der Waals surface area contributed by atoms with E-state index in [1.54, 1.807) is 30.2 Å². The minimum atomic E-state index is -0.282. The fourth-order valence-electron chi connectivity index (χ4n) is 4.04. The fourth-order valence-corrected chi connectivity index (χ4v) is 5.15. The van der Waals surface area contributed by atoms with Gasteiger partial charge in [-0.1, -0.05) is 12.1 Å². The standard InChI is InChI=1S/C22H19FN4O3S/c1-12-17-19(28)25-11-26-21(17)31-18(12)22(29)27-8-2-3-16(27)20-24-10-15(30-20)9-13-4-6-14(23)7-5-13/h4-7,10-11,16H,2-3,8-9H2,1H3,(H,25,26,28)/t16-/m1/s1. The van der Waals surface area contributed by atoms with Gasteiger partial charge in [-0.15, -0.1) is 11.3 Å². The summed E-state index contributed by atoms with van der Waals surface area (Å²) in [6.45, 7) is 2.37. The molecule has 3 aromatic heterocycles. The summed E-state index contributed by atoms with van der Waals surface area (Å²) in [5, 5.41) is 0.462. The minimum Gasteiger partial charge on any atom is -0.443 e. The van der Waals surface area contributed by atoms with Crippen molar-refractivity contribution in [3.05, 3.63) is 80.6 Å². The Balaban J connectivity index is 1.40. The van der Waals surface area contributed by atoms with E-state index >= 15 is 0 Å². The van der Waals surface area contributed by atoms with Crippen LogP contribution < -0.4 is 5.56 Å². The van der Waals surface area contributed by atoms with Crippen molar-refractivity contribution in [1.82, 2.24) is 19.9 Å². The van der Waals surface area contributed by atoms with Crippen LogP contribution in [0.4, 0.5) is 4.39 Å². The van der Waals surface area contributed by atoms with Crippen molar-refractivity contribution in [2.45, 2.75) is 32.2 Å². The number of H-pyrrole nitrogens is 1. The lowest BCUT2D eigenvalue weighted by Gasteiger charge is -2.22. The maximum absolute atomic E-state index is 13.4. The lowest BCUT2D eigenvalue weighted by Crippen LogP contribution is -2.30. The van der Waals surface area contributed by atoms with E-state index in [1.807, 2.05) is 0 Å². The maximum atomic E-state index is 13.4. The molecule has 0 unspecified atom stereocenters. The molecule has 1 aliphatic heterocycles. The molecule has 9 heteroatoms. The Morgan fingerprint density at radius 2 is 2.13 bits per heavy atom. The molecule has 1 amide bonds. The number of nitrogens with zero attached hydrogens (tertiary/aromatic N) is 3. The van der Waals surface area contributed by atoms with E-state index in [0.29, 0.717) is 45.3 Å². The van der Waals surface area contributed by atoms with E-state index in [0.717, 1.165) is 18.4 Å². The molecule has 0 saturated carbocycles. The number of rotatable bonds is 4. The second-order valence-corrected chi connectivity index (χ2v) is 8.59. The van der Waals surface area contributed by atoms with Gasteiger partial charge in [0.25, 0.3) is 11.5 Å². The number of fused-ring (bicyclic) bond motifs is 1. The summed E-state index contributed by atoms with van der Waals surface area (Å²) in [5.41, 5.74) is 1.32. The number of likely N-dealkylation sites (tertiary alicyclic amines) is 1. The highest BCUT2D eigenvalue weighted by Crippen LogP contribution is 2.36. The Labute approximate surface area is 180 Å². The molecule has 31 heavy (non-hydrogen) atoms. The predicted molar refractivity (Wildman–Crippen MR) is 114 cm³/mol. The number of hydrogen-bond acceptors (Lipinski definition) is 6. The number of carbonyl (C=O) groups excluding carboxylic acids is 1. The number of aryl methyl sites for hydroxylation is 1. The number of aromatic amines is 1. The highest BCUT2D eigenvalue weighted by atomic mass is 32.1. The number of oxazole rings is 1. The summed E-state index contributed by atoms with van der Waals surface area (Å²) in [7, 11) is 0. The Hall–Kier alpha value is -3.33. The molecule has 1 saturated heterocycles. The SMILES string of the molecule is Cc1c(C(=O)N2CCC[C@@H]2c2ncc(Cc3ccc(F)cc3)o2)sc2nc[nH]c(=O)c12. The summed E-state index contributed by atoms with van der Waals surface area (Å²) >= 11 is 1.23. The quantitative estimate of drug-likeness (QED) is 0.520. The third kappa shape index (κ3) is 3.54. The third-order valence-corrected chi connectivity index (χ3v) is 6.78. The van der Waals surface area contributed by atoms with Crippen LogP contribution in [0.5, 0.6) is 0 Å². The van der Waals surface area contributed by atoms with Gasteiger partial charge in [-0.3, -0.25) is 9.59 Å². The number of nitrogens with one attached hydrogen (secondary N) is 1. The normalized spacial score (nSPS) is 16.3. The van der Waals surface area contributed by atoms with Crippen molar-refractivity contribution in [2.24, 2.45) is 0 Å². The van der Waals surface area contributed by atoms with Crippen LogP contribution in [0.3, 0.4) is 0 Å². The Bertz CT molecular complexity index is 1320. The molecule has 0 aliphatic carbocycles. The second kappa shape index (κ2) is 7.73. The molecule has 1 aromatic carbocycles. The summed E-state index contributed by atoms with van der Waals surface area (Å²) in [6, 6.07) is 5.99. The molecule has 0 radical (unpaired) electrons. The first-order valence-electron chi connectivity index (χ1n) is 9.98. The van der Waals surface area contributed by atoms with Gasteiger partial charge in [0.2, 0.25) is 5.89 Å². The van der Waals surface area contributed by atoms with Crippen molar-refractivity contribution in [2.75, 3.05) is 6.54 Å². The van der Waals surface area contributed by atoms with Crippen molar-refractivity contribution < 1.29 is 13.6 Å². The molecule has 4 aromatic rings. The monoisotopic (exact) mass is 438 g/mol. The van der Waals surface area contributed by atoms with Crippen LogP contribution in [0, 0.1) is 12.7 Å². The number of amides is 1. The zero-order valence-electron chi connectivity index (χ0n) is 16.7. The van der Waals surface area contributed by atoms with Gasteiger partial charge < -0.3 is 14.3 Å². The van der Waals surface area contributed by atoms with Crippen LogP contribution in [-0.2, 0) is 6.42 Å². The van der Waals surface area contributed by atoms with Gasteiger partial charge in [-0.25, -0.2) is 14.4 Å². The van der Waals surface area contributed by atoms with Crippen LogP contribution in [0.15, 0.2) is 46.0 Å². The average Bonchev–Trinajstić information content (AvgIpc) is 3.48. The summed E-state index contributed by atoms with van der Waals surface area (Å²) in [5.74, 6) is 0.740. The van der Waals surface area contributed by atoms with E-state index in [2.05, 4.69) is 15.0 Å². The number of halogens is 1. The first-order chi connectivity index (χ1) is 15.0. The van der Waals surface area contributed by atoms with Gasteiger partial charge >= 0.3 is 0 Å². The number of hydrogen-bond donors (Lipinski definition) is 1. The van der Waals surface area contributed by atoms with Crippen molar-refractivity contribution in [1.29, 1.82) is 0 Å². The molecule has 5 rings (SSSR count). The Morgan fingerprint density at radius 3 is 2.90 bits per heavy atom. The Kier molecular flexibility index (Phi) is 4.90. The first-order valence-corrected chi connectivity index (χ1v) is 10.8. The minimum absolute atomic E-state index is 0.138. The van der Waals surface area contributed by atoms with Gasteiger partial charge in [0.05, 0.1) is 22.8 Å². The van der Waals surface area contributed by atoms with Crippen LogP contribution in [0.25, 0.3) is 10.2 Å². The zero-order valence-corrected chi connectivity index (χ0v) is 17.5. The van der Waals surface area contributed by atoms with Crippen LogP contribution in [0.1, 0.15) is 51.3 Å². The molecule has 0 bridgehead atoms. The molecule has 158 valence electrons. The molecule has 7 nitrogen and oxygen atoms in total. The summed E-state index contributed by atoms with van der Waals surface area (Å²) in [4.78, 5) is 39.5. The molecule has 0 spiro atoms. The Morgan fingerprint density at radius 1 is 1.32 bits per heavy atom. The van der Waals surface area contributed by atoms with Crippen molar-refractivity contribution in [3.8, 4) is 0 Å². The molecular formula is C22H19FN4O3S. The van der Waals surface area contributed by atoms with E-state index < -0.39 is 0 Å². The van der Waals surface area contributed by atoms with Gasteiger partial charge in [-0.05, 0) is 43.0 Å². The predicted octanol–water partition coefficient (Wildman–Crippen LogP) is 3.99. The molecule has 4 heterocycles. The molecular weight excluding hydrogens is 419 g/mol.